The van der Waals surface area contributed by atoms with E-state index in [0.29, 0.717) is 5.13 Å². The zero-order chi connectivity index (χ0) is 14.7. The minimum absolute atomic E-state index is 0.209. The highest BCUT2D eigenvalue weighted by Crippen LogP contribution is 2.19. The molecule has 3 rings (SSSR count). The number of amides is 1. The summed E-state index contributed by atoms with van der Waals surface area (Å²) in [4.78, 5) is 11.9. The van der Waals surface area contributed by atoms with Crippen molar-refractivity contribution in [2.45, 2.75) is 6.92 Å². The third kappa shape index (κ3) is 3.14. The first kappa shape index (κ1) is 13.5. The molecule has 104 valence electrons. The molecule has 0 aliphatic carbocycles. The Morgan fingerprint density at radius 3 is 2.76 bits per heavy atom. The van der Waals surface area contributed by atoms with Crippen molar-refractivity contribution < 1.29 is 4.79 Å². The van der Waals surface area contributed by atoms with Gasteiger partial charge < -0.3 is 0 Å². The fraction of sp³-hybridized carbons (Fsp3) is 0.0625. The molecule has 0 aliphatic rings. The van der Waals surface area contributed by atoms with Crippen LogP contribution in [0, 0.1) is 6.92 Å². The normalized spacial score (nSPS) is 11.1. The number of aryl methyl sites for hydroxylation is 1. The Balaban J connectivity index is 1.79. The second kappa shape index (κ2) is 5.85. The largest absolute Gasteiger partial charge is 0.297 e. The predicted molar refractivity (Wildman–Crippen MR) is 86.3 cm³/mol. The van der Waals surface area contributed by atoms with Crippen LogP contribution in [0.2, 0.25) is 0 Å². The van der Waals surface area contributed by atoms with Crippen LogP contribution in [0.15, 0.2) is 48.5 Å². The van der Waals surface area contributed by atoms with Crippen molar-refractivity contribution in [3.05, 3.63) is 59.1 Å². The molecule has 0 fully saturated rings. The number of hydrogen-bond acceptors (Lipinski definition) is 4. The number of carbonyl (C=O) groups excluding carboxylic acids is 1. The van der Waals surface area contributed by atoms with Gasteiger partial charge in [-0.05, 0) is 29.3 Å². The minimum atomic E-state index is -0.209. The molecular weight excluding hydrogens is 282 g/mol. The molecule has 21 heavy (non-hydrogen) atoms. The average molecular weight is 295 g/mol. The number of aromatic nitrogens is 2. The van der Waals surface area contributed by atoms with Crippen molar-refractivity contribution in [3.8, 4) is 0 Å². The van der Waals surface area contributed by atoms with E-state index in [2.05, 4.69) is 27.6 Å². The van der Waals surface area contributed by atoms with Gasteiger partial charge in [0.15, 0.2) is 0 Å². The molecule has 0 spiro atoms. The van der Waals surface area contributed by atoms with E-state index in [1.807, 2.05) is 43.3 Å². The molecule has 0 radical (unpaired) electrons. The summed E-state index contributed by atoms with van der Waals surface area (Å²) in [7, 11) is 0. The smallest absolute Gasteiger partial charge is 0.250 e. The Labute approximate surface area is 126 Å². The molecule has 0 aliphatic heterocycles. The van der Waals surface area contributed by atoms with Crippen molar-refractivity contribution in [2.75, 3.05) is 5.32 Å². The highest BCUT2D eigenvalue weighted by atomic mass is 32.1. The number of carbonyl (C=O) groups is 1. The van der Waals surface area contributed by atoms with Gasteiger partial charge in [0.1, 0.15) is 5.01 Å². The molecule has 2 aromatic carbocycles. The van der Waals surface area contributed by atoms with Crippen LogP contribution in [0.1, 0.15) is 10.6 Å². The third-order valence-electron chi connectivity index (χ3n) is 2.99. The summed E-state index contributed by atoms with van der Waals surface area (Å²) in [6, 6.07) is 14.1. The van der Waals surface area contributed by atoms with Gasteiger partial charge in [-0.25, -0.2) is 0 Å². The molecule has 0 saturated heterocycles. The predicted octanol–water partition coefficient (Wildman–Crippen LogP) is 3.65. The Bertz CT molecular complexity index is 818. The van der Waals surface area contributed by atoms with E-state index in [1.165, 1.54) is 17.4 Å². The topological polar surface area (TPSA) is 54.9 Å². The number of benzene rings is 2. The van der Waals surface area contributed by atoms with Crippen molar-refractivity contribution in [1.29, 1.82) is 0 Å². The van der Waals surface area contributed by atoms with E-state index in [9.17, 15) is 4.79 Å². The zero-order valence-electron chi connectivity index (χ0n) is 11.4. The van der Waals surface area contributed by atoms with Gasteiger partial charge in [-0.3, -0.25) is 10.1 Å². The Hall–Kier alpha value is -2.53. The lowest BCUT2D eigenvalue weighted by Gasteiger charge is -2.01. The standard InChI is InChI=1S/C16H13N3OS/c1-11-18-19-16(21-11)17-15(20)10-9-13-7-4-6-12-5-2-3-8-14(12)13/h2-10H,1H3,(H,17,19,20). The maximum Gasteiger partial charge on any atom is 0.250 e. The summed E-state index contributed by atoms with van der Waals surface area (Å²) in [6.07, 6.45) is 3.32. The van der Waals surface area contributed by atoms with Crippen LogP contribution in [-0.4, -0.2) is 16.1 Å². The number of nitrogens with zero attached hydrogens (tertiary/aromatic N) is 2. The molecule has 0 bridgehead atoms. The summed E-state index contributed by atoms with van der Waals surface area (Å²) in [5, 5.41) is 14.0. The van der Waals surface area contributed by atoms with Gasteiger partial charge in [0.25, 0.3) is 0 Å². The maximum atomic E-state index is 11.9. The van der Waals surface area contributed by atoms with Gasteiger partial charge >= 0.3 is 0 Å². The van der Waals surface area contributed by atoms with E-state index >= 15 is 0 Å². The maximum absolute atomic E-state index is 11.9. The molecule has 3 aromatic rings. The second-order valence-corrected chi connectivity index (χ2v) is 5.70. The first-order chi connectivity index (χ1) is 10.2. The molecule has 4 nitrogen and oxygen atoms in total. The van der Waals surface area contributed by atoms with Crippen LogP contribution in [0.5, 0.6) is 0 Å². The molecule has 0 unspecified atom stereocenters. The fourth-order valence-electron chi connectivity index (χ4n) is 2.06. The van der Waals surface area contributed by atoms with Crippen molar-refractivity contribution >= 4 is 39.2 Å². The lowest BCUT2D eigenvalue weighted by atomic mass is 10.0. The summed E-state index contributed by atoms with van der Waals surface area (Å²) in [5.74, 6) is -0.209. The van der Waals surface area contributed by atoms with Gasteiger partial charge in [0.2, 0.25) is 11.0 Å². The first-order valence-electron chi connectivity index (χ1n) is 6.49. The summed E-state index contributed by atoms with van der Waals surface area (Å²) in [5.41, 5.74) is 1.01. The lowest BCUT2D eigenvalue weighted by molar-refractivity contribution is -0.111. The van der Waals surface area contributed by atoms with Crippen LogP contribution in [0.3, 0.4) is 0 Å². The van der Waals surface area contributed by atoms with Gasteiger partial charge in [0.05, 0.1) is 0 Å². The minimum Gasteiger partial charge on any atom is -0.297 e. The quantitative estimate of drug-likeness (QED) is 0.750. The van der Waals surface area contributed by atoms with E-state index in [4.69, 9.17) is 0 Å². The third-order valence-corrected chi connectivity index (χ3v) is 3.75. The highest BCUT2D eigenvalue weighted by Gasteiger charge is 2.03. The number of fused-ring (bicyclic) bond motifs is 1. The lowest BCUT2D eigenvalue weighted by Crippen LogP contribution is -2.07. The molecule has 0 atom stereocenters. The second-order valence-electron chi connectivity index (χ2n) is 4.52. The number of nitrogens with one attached hydrogen (secondary N) is 1. The zero-order valence-corrected chi connectivity index (χ0v) is 12.2. The molecule has 1 N–H and O–H groups in total. The van der Waals surface area contributed by atoms with Crippen LogP contribution < -0.4 is 5.32 Å². The van der Waals surface area contributed by atoms with Crippen LogP contribution in [0.4, 0.5) is 5.13 Å². The van der Waals surface area contributed by atoms with E-state index in [0.717, 1.165) is 21.3 Å². The summed E-state index contributed by atoms with van der Waals surface area (Å²) in [6.45, 7) is 1.85. The van der Waals surface area contributed by atoms with Crippen LogP contribution >= 0.6 is 11.3 Å². The number of rotatable bonds is 3. The van der Waals surface area contributed by atoms with Gasteiger partial charge in [0, 0.05) is 6.08 Å². The number of hydrogen-bond donors (Lipinski definition) is 1. The van der Waals surface area contributed by atoms with E-state index < -0.39 is 0 Å². The van der Waals surface area contributed by atoms with Gasteiger partial charge in [-0.1, -0.05) is 53.8 Å². The van der Waals surface area contributed by atoms with Crippen molar-refractivity contribution in [3.63, 3.8) is 0 Å². The molecule has 1 aromatic heterocycles. The summed E-state index contributed by atoms with van der Waals surface area (Å²) >= 11 is 1.35. The van der Waals surface area contributed by atoms with E-state index in [-0.39, 0.29) is 5.91 Å². The molecular formula is C16H13N3OS. The SMILES string of the molecule is Cc1nnc(NC(=O)C=Cc2cccc3ccccc23)s1. The Kier molecular flexibility index (Phi) is 3.75. The Morgan fingerprint density at radius 2 is 1.95 bits per heavy atom. The van der Waals surface area contributed by atoms with Gasteiger partial charge in [-0.15, -0.1) is 10.2 Å². The van der Waals surface area contributed by atoms with Crippen molar-refractivity contribution in [2.24, 2.45) is 0 Å². The van der Waals surface area contributed by atoms with E-state index in [1.54, 1.807) is 0 Å². The van der Waals surface area contributed by atoms with Crippen LogP contribution in [0.25, 0.3) is 16.8 Å². The molecule has 0 saturated carbocycles. The Morgan fingerprint density at radius 1 is 1.14 bits per heavy atom. The first-order valence-corrected chi connectivity index (χ1v) is 7.31. The average Bonchev–Trinajstić information content (AvgIpc) is 2.90. The van der Waals surface area contributed by atoms with Gasteiger partial charge in [-0.2, -0.15) is 0 Å². The summed E-state index contributed by atoms with van der Waals surface area (Å²) < 4.78 is 0. The highest BCUT2D eigenvalue weighted by molar-refractivity contribution is 7.15. The van der Waals surface area contributed by atoms with Crippen molar-refractivity contribution in [1.82, 2.24) is 10.2 Å². The molecule has 1 amide bonds. The number of anilines is 1. The van der Waals surface area contributed by atoms with Crippen LogP contribution in [-0.2, 0) is 4.79 Å². The fourth-order valence-corrected chi connectivity index (χ4v) is 2.65. The monoisotopic (exact) mass is 295 g/mol. The molecule has 5 heteroatoms. The molecule has 1 heterocycles.